The summed E-state index contributed by atoms with van der Waals surface area (Å²) in [5, 5.41) is 9.95. The van der Waals surface area contributed by atoms with Gasteiger partial charge in [0.1, 0.15) is 0 Å². The van der Waals surface area contributed by atoms with Crippen LogP contribution in [0, 0.1) is 5.92 Å². The Labute approximate surface area is 54.9 Å². The van der Waals surface area contributed by atoms with Crippen molar-refractivity contribution in [1.29, 1.82) is 0 Å². The summed E-state index contributed by atoms with van der Waals surface area (Å²) in [7, 11) is 0. The first-order valence-corrected chi connectivity index (χ1v) is 2.99. The molecule has 9 heavy (non-hydrogen) atoms. The first-order valence-electron chi connectivity index (χ1n) is 2.99. The molecule has 3 nitrogen and oxygen atoms in total. The Morgan fingerprint density at radius 3 is 2.22 bits per heavy atom. The minimum Gasteiger partial charge on any atom is -0.550 e. The molecule has 0 spiro atoms. The second kappa shape index (κ2) is 3.45. The molecule has 0 aliphatic rings. The fourth-order valence-electron chi connectivity index (χ4n) is 0.449. The molecule has 0 aromatic rings. The van der Waals surface area contributed by atoms with Crippen molar-refractivity contribution < 1.29 is 9.90 Å². The van der Waals surface area contributed by atoms with E-state index in [2.05, 4.69) is 0 Å². The van der Waals surface area contributed by atoms with Gasteiger partial charge in [-0.05, 0) is 19.3 Å². The lowest BCUT2D eigenvalue weighted by molar-refractivity contribution is -0.306. The molecule has 0 radical (unpaired) electrons. The molecule has 0 fully saturated rings. The number of carboxylic acids is 1. The molecule has 0 aromatic heterocycles. The topological polar surface area (TPSA) is 66.2 Å². The van der Waals surface area contributed by atoms with Crippen LogP contribution < -0.4 is 10.8 Å². The number of carbonyl (C=O) groups is 1. The molecule has 3 heteroatoms. The highest BCUT2D eigenvalue weighted by Crippen LogP contribution is 2.03. The van der Waals surface area contributed by atoms with E-state index in [0.717, 1.165) is 0 Å². The number of hydrogen-bond donors (Lipinski definition) is 1. The van der Waals surface area contributed by atoms with E-state index in [1.165, 1.54) is 0 Å². The van der Waals surface area contributed by atoms with E-state index in [0.29, 0.717) is 0 Å². The fraction of sp³-hybridized carbons (Fsp3) is 0.833. The number of nitrogens with two attached hydrogens (primary N) is 1. The summed E-state index contributed by atoms with van der Waals surface area (Å²) in [5.74, 6) is -1.02. The zero-order chi connectivity index (χ0) is 7.44. The molecule has 0 rings (SSSR count). The summed E-state index contributed by atoms with van der Waals surface area (Å²) in [4.78, 5) is 9.95. The molecule has 2 atom stereocenters. The SMILES string of the molecule is CC(N)C(C)CC(=O)[O-]. The molecule has 0 bridgehead atoms. The highest BCUT2D eigenvalue weighted by Gasteiger charge is 2.06. The van der Waals surface area contributed by atoms with Gasteiger partial charge in [0, 0.05) is 12.0 Å². The third-order valence-corrected chi connectivity index (χ3v) is 1.39. The molecule has 2 N–H and O–H groups in total. The van der Waals surface area contributed by atoms with Gasteiger partial charge in [-0.1, -0.05) is 6.92 Å². The van der Waals surface area contributed by atoms with Gasteiger partial charge in [0.15, 0.2) is 0 Å². The molecule has 0 aliphatic carbocycles. The van der Waals surface area contributed by atoms with Crippen molar-refractivity contribution in [3.05, 3.63) is 0 Å². The van der Waals surface area contributed by atoms with E-state index < -0.39 is 5.97 Å². The summed E-state index contributed by atoms with van der Waals surface area (Å²) in [6.45, 7) is 3.58. The summed E-state index contributed by atoms with van der Waals surface area (Å²) in [6, 6.07) is -0.0668. The van der Waals surface area contributed by atoms with E-state index in [1.54, 1.807) is 13.8 Å². The summed E-state index contributed by atoms with van der Waals surface area (Å²) < 4.78 is 0. The Bertz CT molecular complexity index is 101. The third kappa shape index (κ3) is 3.97. The van der Waals surface area contributed by atoms with Crippen molar-refractivity contribution >= 4 is 5.97 Å². The van der Waals surface area contributed by atoms with Crippen LogP contribution in [0.4, 0.5) is 0 Å². The lowest BCUT2D eigenvalue weighted by Gasteiger charge is -2.14. The molecule has 0 saturated heterocycles. The van der Waals surface area contributed by atoms with Crippen molar-refractivity contribution in [3.8, 4) is 0 Å². The zero-order valence-electron chi connectivity index (χ0n) is 5.76. The molecule has 0 aliphatic heterocycles. The van der Waals surface area contributed by atoms with E-state index in [1.807, 2.05) is 0 Å². The van der Waals surface area contributed by atoms with Crippen LogP contribution in [-0.2, 0) is 4.79 Å². The molecule has 0 amide bonds. The van der Waals surface area contributed by atoms with Gasteiger partial charge in [0.05, 0.1) is 0 Å². The number of aliphatic carboxylic acids is 1. The maximum atomic E-state index is 9.95. The average Bonchev–Trinajstić information content (AvgIpc) is 1.63. The maximum absolute atomic E-state index is 9.95. The lowest BCUT2D eigenvalue weighted by atomic mass is 10.0. The monoisotopic (exact) mass is 130 g/mol. The van der Waals surface area contributed by atoms with Crippen molar-refractivity contribution in [1.82, 2.24) is 0 Å². The zero-order valence-corrected chi connectivity index (χ0v) is 5.76. The minimum absolute atomic E-state index is 0.00926. The predicted octanol–water partition coefficient (Wildman–Crippen LogP) is -0.890. The molecular weight excluding hydrogens is 118 g/mol. The van der Waals surface area contributed by atoms with Gasteiger partial charge in [-0.15, -0.1) is 0 Å². The van der Waals surface area contributed by atoms with Crippen LogP contribution in [0.25, 0.3) is 0 Å². The van der Waals surface area contributed by atoms with Crippen LogP contribution in [0.15, 0.2) is 0 Å². The van der Waals surface area contributed by atoms with Crippen LogP contribution in [0.3, 0.4) is 0 Å². The predicted molar refractivity (Wildman–Crippen MR) is 32.4 cm³/mol. The van der Waals surface area contributed by atoms with Gasteiger partial charge in [-0.3, -0.25) is 0 Å². The van der Waals surface area contributed by atoms with Gasteiger partial charge in [0.25, 0.3) is 0 Å². The van der Waals surface area contributed by atoms with Crippen molar-refractivity contribution in [2.75, 3.05) is 0 Å². The first-order chi connectivity index (χ1) is 4.04. The quantitative estimate of drug-likeness (QED) is 0.539. The third-order valence-electron chi connectivity index (χ3n) is 1.39. The normalized spacial score (nSPS) is 16.8. The maximum Gasteiger partial charge on any atom is 0.0417 e. The van der Waals surface area contributed by atoms with E-state index in [4.69, 9.17) is 5.73 Å². The summed E-state index contributed by atoms with van der Waals surface area (Å²) >= 11 is 0. The average molecular weight is 130 g/mol. The number of carbonyl (C=O) groups excluding carboxylic acids is 1. The highest BCUT2D eigenvalue weighted by atomic mass is 16.4. The van der Waals surface area contributed by atoms with Crippen LogP contribution in [0.1, 0.15) is 20.3 Å². The van der Waals surface area contributed by atoms with Gasteiger partial charge < -0.3 is 15.6 Å². The summed E-state index contributed by atoms with van der Waals surface area (Å²) in [5.41, 5.74) is 5.39. The molecule has 0 saturated carbocycles. The smallest absolute Gasteiger partial charge is 0.0417 e. The molecular formula is C6H12NO2-. The largest absolute Gasteiger partial charge is 0.550 e. The van der Waals surface area contributed by atoms with Gasteiger partial charge in [0.2, 0.25) is 0 Å². The standard InChI is InChI=1S/C6H13NO2/c1-4(5(2)7)3-6(8)9/h4-5H,3,7H2,1-2H3,(H,8,9)/p-1. The summed E-state index contributed by atoms with van der Waals surface area (Å²) in [6.07, 6.45) is 0.0532. The highest BCUT2D eigenvalue weighted by molar-refractivity contribution is 5.64. The molecule has 2 unspecified atom stereocenters. The number of hydrogen-bond acceptors (Lipinski definition) is 3. The minimum atomic E-state index is -1.03. The van der Waals surface area contributed by atoms with Crippen LogP contribution in [0.2, 0.25) is 0 Å². The van der Waals surface area contributed by atoms with Gasteiger partial charge in [-0.2, -0.15) is 0 Å². The van der Waals surface area contributed by atoms with Gasteiger partial charge >= 0.3 is 0 Å². The molecule has 0 aromatic carbocycles. The second-order valence-corrected chi connectivity index (χ2v) is 2.41. The van der Waals surface area contributed by atoms with E-state index in [-0.39, 0.29) is 18.4 Å². The van der Waals surface area contributed by atoms with Gasteiger partial charge in [-0.25, -0.2) is 0 Å². The van der Waals surface area contributed by atoms with Crippen LogP contribution in [-0.4, -0.2) is 12.0 Å². The lowest BCUT2D eigenvalue weighted by Crippen LogP contribution is -2.31. The molecule has 0 heterocycles. The van der Waals surface area contributed by atoms with Crippen molar-refractivity contribution in [2.24, 2.45) is 11.7 Å². The number of carboxylic acid groups (broad SMARTS) is 1. The Morgan fingerprint density at radius 1 is 1.67 bits per heavy atom. The van der Waals surface area contributed by atoms with Crippen LogP contribution in [0.5, 0.6) is 0 Å². The first kappa shape index (κ1) is 8.43. The van der Waals surface area contributed by atoms with E-state index in [9.17, 15) is 9.90 Å². The Balaban J connectivity index is 3.50. The van der Waals surface area contributed by atoms with Crippen LogP contribution >= 0.6 is 0 Å². The fourth-order valence-corrected chi connectivity index (χ4v) is 0.449. The van der Waals surface area contributed by atoms with E-state index >= 15 is 0 Å². The Hall–Kier alpha value is -0.570. The number of rotatable bonds is 3. The second-order valence-electron chi connectivity index (χ2n) is 2.41. The Kier molecular flexibility index (Phi) is 3.24. The molecule has 54 valence electrons. The van der Waals surface area contributed by atoms with Crippen molar-refractivity contribution in [2.45, 2.75) is 26.3 Å². The Morgan fingerprint density at radius 2 is 2.11 bits per heavy atom. The van der Waals surface area contributed by atoms with Crippen molar-refractivity contribution in [3.63, 3.8) is 0 Å².